The van der Waals surface area contributed by atoms with E-state index in [1.54, 1.807) is 17.1 Å². The molecule has 0 radical (unpaired) electrons. The van der Waals surface area contributed by atoms with Gasteiger partial charge in [-0.15, -0.1) is 0 Å². The number of halogens is 1. The standard InChI is InChI=1S/C11H12FN5O/c12-9-2-3-10(14-8-9)16-11(18)13-5-7-17-6-1-4-15-17/h1-4,6,8H,5,7H2,(H2,13,14,16,18). The van der Waals surface area contributed by atoms with Crippen molar-refractivity contribution in [3.05, 3.63) is 42.6 Å². The van der Waals surface area contributed by atoms with Crippen LogP contribution in [-0.4, -0.2) is 27.3 Å². The summed E-state index contributed by atoms with van der Waals surface area (Å²) in [6.07, 6.45) is 4.52. The van der Waals surface area contributed by atoms with E-state index in [2.05, 4.69) is 20.7 Å². The van der Waals surface area contributed by atoms with E-state index in [4.69, 9.17) is 0 Å². The number of rotatable bonds is 4. The molecule has 0 atom stereocenters. The van der Waals surface area contributed by atoms with Crippen molar-refractivity contribution in [1.82, 2.24) is 20.1 Å². The Labute approximate surface area is 103 Å². The highest BCUT2D eigenvalue weighted by atomic mass is 19.1. The summed E-state index contributed by atoms with van der Waals surface area (Å²) in [5.74, 6) is -0.146. The van der Waals surface area contributed by atoms with Gasteiger partial charge in [0.1, 0.15) is 11.6 Å². The van der Waals surface area contributed by atoms with Gasteiger partial charge in [0.15, 0.2) is 0 Å². The van der Waals surface area contributed by atoms with Gasteiger partial charge in [-0.25, -0.2) is 14.2 Å². The van der Waals surface area contributed by atoms with Crippen molar-refractivity contribution in [2.45, 2.75) is 6.54 Å². The summed E-state index contributed by atoms with van der Waals surface area (Å²) in [6.45, 7) is 1.02. The van der Waals surface area contributed by atoms with Gasteiger partial charge in [0.25, 0.3) is 0 Å². The number of pyridine rings is 1. The summed E-state index contributed by atoms with van der Waals surface area (Å²) in [5.41, 5.74) is 0. The first kappa shape index (κ1) is 12.0. The number of amides is 2. The minimum Gasteiger partial charge on any atom is -0.336 e. The molecule has 18 heavy (non-hydrogen) atoms. The van der Waals surface area contributed by atoms with E-state index in [9.17, 15) is 9.18 Å². The summed E-state index contributed by atoms with van der Waals surface area (Å²) in [4.78, 5) is 15.2. The lowest BCUT2D eigenvalue weighted by molar-refractivity contribution is 0.251. The molecule has 0 fully saturated rings. The number of aromatic nitrogens is 3. The van der Waals surface area contributed by atoms with Gasteiger partial charge in [0.2, 0.25) is 0 Å². The van der Waals surface area contributed by atoms with E-state index in [1.807, 2.05) is 6.07 Å². The minimum absolute atomic E-state index is 0.299. The van der Waals surface area contributed by atoms with Crippen LogP contribution in [0.15, 0.2) is 36.8 Å². The molecule has 94 valence electrons. The predicted octanol–water partition coefficient (Wildman–Crippen LogP) is 1.24. The molecule has 2 aromatic heterocycles. The summed E-state index contributed by atoms with van der Waals surface area (Å²) in [5, 5.41) is 9.13. The zero-order chi connectivity index (χ0) is 12.8. The summed E-state index contributed by atoms with van der Waals surface area (Å²) >= 11 is 0. The second-order valence-electron chi connectivity index (χ2n) is 3.51. The number of nitrogens with one attached hydrogen (secondary N) is 2. The second-order valence-corrected chi connectivity index (χ2v) is 3.51. The molecule has 0 aliphatic rings. The Hall–Kier alpha value is -2.44. The number of nitrogens with zero attached hydrogens (tertiary/aromatic N) is 3. The lowest BCUT2D eigenvalue weighted by Crippen LogP contribution is -2.31. The average Bonchev–Trinajstić information content (AvgIpc) is 2.85. The van der Waals surface area contributed by atoms with Crippen molar-refractivity contribution >= 4 is 11.8 Å². The van der Waals surface area contributed by atoms with E-state index in [0.29, 0.717) is 18.9 Å². The van der Waals surface area contributed by atoms with Gasteiger partial charge in [-0.1, -0.05) is 0 Å². The Bertz CT molecular complexity index is 497. The molecule has 0 aromatic carbocycles. The Kier molecular flexibility index (Phi) is 3.85. The van der Waals surface area contributed by atoms with E-state index in [-0.39, 0.29) is 6.03 Å². The van der Waals surface area contributed by atoms with Gasteiger partial charge < -0.3 is 5.32 Å². The van der Waals surface area contributed by atoms with Crippen LogP contribution >= 0.6 is 0 Å². The Morgan fingerprint density at radius 2 is 2.33 bits per heavy atom. The van der Waals surface area contributed by atoms with Crippen LogP contribution in [0.2, 0.25) is 0 Å². The number of hydrogen-bond acceptors (Lipinski definition) is 3. The highest BCUT2D eigenvalue weighted by Crippen LogP contribution is 2.02. The zero-order valence-electron chi connectivity index (χ0n) is 9.51. The number of urea groups is 1. The van der Waals surface area contributed by atoms with Gasteiger partial charge >= 0.3 is 6.03 Å². The molecule has 2 amide bonds. The molecule has 0 bridgehead atoms. The number of carbonyl (C=O) groups excluding carboxylic acids is 1. The fourth-order valence-corrected chi connectivity index (χ4v) is 1.33. The van der Waals surface area contributed by atoms with Crippen LogP contribution in [0.4, 0.5) is 15.0 Å². The summed E-state index contributed by atoms with van der Waals surface area (Å²) < 4.78 is 14.3. The molecule has 2 heterocycles. The van der Waals surface area contributed by atoms with Crippen LogP contribution in [0.25, 0.3) is 0 Å². The van der Waals surface area contributed by atoms with Crippen molar-refractivity contribution in [3.63, 3.8) is 0 Å². The number of hydrogen-bond donors (Lipinski definition) is 2. The fourth-order valence-electron chi connectivity index (χ4n) is 1.33. The molecular formula is C11H12FN5O. The number of carbonyl (C=O) groups is 1. The van der Waals surface area contributed by atoms with E-state index < -0.39 is 5.82 Å². The smallest absolute Gasteiger partial charge is 0.320 e. The Morgan fingerprint density at radius 1 is 1.44 bits per heavy atom. The monoisotopic (exact) mass is 249 g/mol. The molecule has 2 rings (SSSR count). The number of anilines is 1. The van der Waals surface area contributed by atoms with Crippen molar-refractivity contribution in [2.75, 3.05) is 11.9 Å². The van der Waals surface area contributed by atoms with Gasteiger partial charge in [-0.3, -0.25) is 10.00 Å². The van der Waals surface area contributed by atoms with Crippen LogP contribution in [0.5, 0.6) is 0 Å². The van der Waals surface area contributed by atoms with E-state index >= 15 is 0 Å². The molecule has 7 heteroatoms. The van der Waals surface area contributed by atoms with Crippen LogP contribution in [-0.2, 0) is 6.54 Å². The van der Waals surface area contributed by atoms with Crippen LogP contribution in [0.3, 0.4) is 0 Å². The SMILES string of the molecule is O=C(NCCn1cccn1)Nc1ccc(F)cn1. The van der Waals surface area contributed by atoms with Crippen LogP contribution < -0.4 is 10.6 Å². The lowest BCUT2D eigenvalue weighted by atomic mass is 10.4. The lowest BCUT2D eigenvalue weighted by Gasteiger charge is -2.06. The van der Waals surface area contributed by atoms with Crippen LogP contribution in [0, 0.1) is 5.82 Å². The third-order valence-corrected chi connectivity index (χ3v) is 2.15. The molecule has 0 saturated heterocycles. The predicted molar refractivity (Wildman–Crippen MR) is 63.4 cm³/mol. The fraction of sp³-hybridized carbons (Fsp3) is 0.182. The van der Waals surface area contributed by atoms with E-state index in [1.165, 1.54) is 12.1 Å². The third-order valence-electron chi connectivity index (χ3n) is 2.15. The first-order valence-electron chi connectivity index (χ1n) is 5.38. The van der Waals surface area contributed by atoms with Crippen molar-refractivity contribution in [3.8, 4) is 0 Å². The minimum atomic E-state index is -0.445. The molecule has 2 N–H and O–H groups in total. The molecule has 2 aromatic rings. The molecule has 0 saturated carbocycles. The maximum atomic E-state index is 12.6. The van der Waals surface area contributed by atoms with Gasteiger partial charge in [0, 0.05) is 18.9 Å². The van der Waals surface area contributed by atoms with E-state index in [0.717, 1.165) is 6.20 Å². The molecular weight excluding hydrogens is 237 g/mol. The Morgan fingerprint density at radius 3 is 3.00 bits per heavy atom. The topological polar surface area (TPSA) is 71.8 Å². The second kappa shape index (κ2) is 5.76. The quantitative estimate of drug-likeness (QED) is 0.856. The van der Waals surface area contributed by atoms with Gasteiger partial charge in [-0.05, 0) is 18.2 Å². The summed E-state index contributed by atoms with van der Waals surface area (Å²) in [7, 11) is 0. The molecule has 6 nitrogen and oxygen atoms in total. The van der Waals surface area contributed by atoms with Crippen LogP contribution in [0.1, 0.15) is 0 Å². The molecule has 0 aliphatic carbocycles. The highest BCUT2D eigenvalue weighted by molar-refractivity contribution is 5.88. The molecule has 0 unspecified atom stereocenters. The first-order valence-corrected chi connectivity index (χ1v) is 5.38. The average molecular weight is 249 g/mol. The normalized spacial score (nSPS) is 10.1. The maximum Gasteiger partial charge on any atom is 0.320 e. The maximum absolute atomic E-state index is 12.6. The van der Waals surface area contributed by atoms with Gasteiger partial charge in [0.05, 0.1) is 12.7 Å². The van der Waals surface area contributed by atoms with Gasteiger partial charge in [-0.2, -0.15) is 5.10 Å². The third kappa shape index (κ3) is 3.55. The first-order chi connectivity index (χ1) is 8.74. The molecule has 0 aliphatic heterocycles. The largest absolute Gasteiger partial charge is 0.336 e. The highest BCUT2D eigenvalue weighted by Gasteiger charge is 2.02. The molecule has 0 spiro atoms. The zero-order valence-corrected chi connectivity index (χ0v) is 9.51. The van der Waals surface area contributed by atoms with Crippen molar-refractivity contribution < 1.29 is 9.18 Å². The van der Waals surface area contributed by atoms with Crippen molar-refractivity contribution in [2.24, 2.45) is 0 Å². The summed E-state index contributed by atoms with van der Waals surface area (Å²) in [6, 6.07) is 4.04. The Balaban J connectivity index is 1.73. The van der Waals surface area contributed by atoms with Crippen molar-refractivity contribution in [1.29, 1.82) is 0 Å².